The number of benzene rings is 1. The molecule has 1 aromatic carbocycles. The summed E-state index contributed by atoms with van der Waals surface area (Å²) < 4.78 is 18.1. The summed E-state index contributed by atoms with van der Waals surface area (Å²) >= 11 is 3.08. The molecule has 0 aliphatic rings. The molecule has 2 heterocycles. The summed E-state index contributed by atoms with van der Waals surface area (Å²) in [6.45, 7) is 0.671. The smallest absolute Gasteiger partial charge is 0.260 e. The third-order valence-corrected chi connectivity index (χ3v) is 5.12. The molecule has 0 aliphatic heterocycles. The van der Waals surface area contributed by atoms with E-state index in [1.807, 2.05) is 5.38 Å². The van der Waals surface area contributed by atoms with Gasteiger partial charge in [-0.3, -0.25) is 4.79 Å². The van der Waals surface area contributed by atoms with Crippen LogP contribution in [0, 0.1) is 5.82 Å². The Bertz CT molecular complexity index is 859. The van der Waals surface area contributed by atoms with Crippen LogP contribution in [0.5, 0.6) is 0 Å². The second-order valence-corrected chi connectivity index (χ2v) is 6.86. The van der Waals surface area contributed by atoms with Gasteiger partial charge in [0.15, 0.2) is 0 Å². The average Bonchev–Trinajstić information content (AvgIpc) is 2.97. The maximum absolute atomic E-state index is 13.1. The van der Waals surface area contributed by atoms with Crippen LogP contribution in [0.4, 0.5) is 4.39 Å². The summed E-state index contributed by atoms with van der Waals surface area (Å²) in [6.07, 6.45) is 0. The summed E-state index contributed by atoms with van der Waals surface area (Å²) in [5, 5.41) is 2.45. The zero-order chi connectivity index (χ0) is 16.2. The minimum absolute atomic E-state index is 0.155. The molecule has 0 unspecified atom stereocenters. The molecule has 0 atom stereocenters. The van der Waals surface area contributed by atoms with Crippen LogP contribution in [0.15, 0.2) is 34.4 Å². The summed E-state index contributed by atoms with van der Waals surface area (Å²) in [4.78, 5) is 20.5. The largest absolute Gasteiger partial charge is 0.384 e. The number of methoxy groups -OCH3 is 1. The van der Waals surface area contributed by atoms with E-state index in [4.69, 9.17) is 4.74 Å². The Morgan fingerprint density at radius 2 is 2.13 bits per heavy atom. The number of H-pyrrole nitrogens is 1. The first-order valence-corrected chi connectivity index (χ1v) is 9.05. The Kier molecular flexibility index (Phi) is 5.09. The van der Waals surface area contributed by atoms with E-state index < -0.39 is 0 Å². The summed E-state index contributed by atoms with van der Waals surface area (Å²) in [6, 6.07) is 6.12. The standard InChI is InChI=1S/C16H15FN2O2S2/c1-21-6-7-22-9-13-18-15(20)14-12(8-23-16(14)19-13)10-2-4-11(17)5-3-10/h2-5,8H,6-7,9H2,1H3,(H,18,19,20). The maximum Gasteiger partial charge on any atom is 0.260 e. The van der Waals surface area contributed by atoms with Gasteiger partial charge in [-0.05, 0) is 17.7 Å². The van der Waals surface area contributed by atoms with E-state index in [9.17, 15) is 9.18 Å². The molecule has 0 amide bonds. The van der Waals surface area contributed by atoms with E-state index in [1.54, 1.807) is 31.0 Å². The number of halogens is 1. The highest BCUT2D eigenvalue weighted by atomic mass is 32.2. The number of thiophene rings is 1. The van der Waals surface area contributed by atoms with Crippen molar-refractivity contribution >= 4 is 33.3 Å². The molecule has 0 spiro atoms. The fourth-order valence-electron chi connectivity index (χ4n) is 2.21. The Balaban J connectivity index is 1.92. The number of aromatic amines is 1. The second-order valence-electron chi connectivity index (χ2n) is 4.89. The highest BCUT2D eigenvalue weighted by Crippen LogP contribution is 2.30. The fourth-order valence-corrected chi connectivity index (χ4v) is 3.94. The highest BCUT2D eigenvalue weighted by molar-refractivity contribution is 7.98. The molecule has 0 fully saturated rings. The van der Waals surface area contributed by atoms with E-state index in [1.165, 1.54) is 23.5 Å². The van der Waals surface area contributed by atoms with Gasteiger partial charge in [-0.15, -0.1) is 11.3 Å². The van der Waals surface area contributed by atoms with E-state index in [2.05, 4.69) is 9.97 Å². The quantitative estimate of drug-likeness (QED) is 0.689. The number of aromatic nitrogens is 2. The van der Waals surface area contributed by atoms with Gasteiger partial charge in [0, 0.05) is 23.8 Å². The van der Waals surface area contributed by atoms with Gasteiger partial charge in [-0.2, -0.15) is 11.8 Å². The summed E-state index contributed by atoms with van der Waals surface area (Å²) in [7, 11) is 1.66. The van der Waals surface area contributed by atoms with Gasteiger partial charge in [-0.1, -0.05) is 12.1 Å². The summed E-state index contributed by atoms with van der Waals surface area (Å²) in [5.74, 6) is 1.86. The molecule has 0 aliphatic carbocycles. The van der Waals surface area contributed by atoms with Crippen molar-refractivity contribution in [2.75, 3.05) is 19.5 Å². The van der Waals surface area contributed by atoms with Crippen LogP contribution in [0.3, 0.4) is 0 Å². The van der Waals surface area contributed by atoms with Crippen LogP contribution in [0.2, 0.25) is 0 Å². The van der Waals surface area contributed by atoms with Crippen LogP contribution < -0.4 is 5.56 Å². The molecule has 0 saturated carbocycles. The lowest BCUT2D eigenvalue weighted by Crippen LogP contribution is -2.11. The SMILES string of the molecule is COCCSCc1nc2scc(-c3ccc(F)cc3)c2c(=O)[nH]1. The fraction of sp³-hybridized carbons (Fsp3) is 0.250. The van der Waals surface area contributed by atoms with Gasteiger partial charge >= 0.3 is 0 Å². The van der Waals surface area contributed by atoms with Gasteiger partial charge in [0.2, 0.25) is 0 Å². The molecule has 2 aromatic heterocycles. The zero-order valence-corrected chi connectivity index (χ0v) is 14.1. The van der Waals surface area contributed by atoms with Crippen LogP contribution >= 0.6 is 23.1 Å². The Morgan fingerprint density at radius 3 is 2.87 bits per heavy atom. The molecule has 7 heteroatoms. The Morgan fingerprint density at radius 1 is 1.35 bits per heavy atom. The Labute approximate surface area is 140 Å². The summed E-state index contributed by atoms with van der Waals surface area (Å²) in [5.41, 5.74) is 1.45. The van der Waals surface area contributed by atoms with Crippen molar-refractivity contribution in [3.05, 3.63) is 51.6 Å². The van der Waals surface area contributed by atoms with Crippen molar-refractivity contribution in [2.24, 2.45) is 0 Å². The molecule has 23 heavy (non-hydrogen) atoms. The molecule has 120 valence electrons. The lowest BCUT2D eigenvalue weighted by atomic mass is 10.1. The maximum atomic E-state index is 13.1. The van der Waals surface area contributed by atoms with E-state index in [0.29, 0.717) is 28.4 Å². The van der Waals surface area contributed by atoms with Crippen molar-refractivity contribution in [3.63, 3.8) is 0 Å². The third kappa shape index (κ3) is 3.63. The van der Waals surface area contributed by atoms with Gasteiger partial charge in [0.1, 0.15) is 16.5 Å². The average molecular weight is 350 g/mol. The van der Waals surface area contributed by atoms with Crippen molar-refractivity contribution in [2.45, 2.75) is 5.75 Å². The van der Waals surface area contributed by atoms with Gasteiger partial charge < -0.3 is 9.72 Å². The molecule has 1 N–H and O–H groups in total. The van der Waals surface area contributed by atoms with Gasteiger partial charge in [0.05, 0.1) is 17.7 Å². The minimum Gasteiger partial charge on any atom is -0.384 e. The predicted molar refractivity (Wildman–Crippen MR) is 93.7 cm³/mol. The molecule has 4 nitrogen and oxygen atoms in total. The minimum atomic E-state index is -0.296. The van der Waals surface area contributed by atoms with Crippen LogP contribution in [0.25, 0.3) is 21.3 Å². The molecule has 0 saturated heterocycles. The van der Waals surface area contributed by atoms with Crippen LogP contribution in [-0.2, 0) is 10.5 Å². The van der Waals surface area contributed by atoms with E-state index in [0.717, 1.165) is 16.9 Å². The van der Waals surface area contributed by atoms with Crippen molar-refractivity contribution in [3.8, 4) is 11.1 Å². The predicted octanol–water partition coefficient (Wildman–Crippen LogP) is 3.67. The topological polar surface area (TPSA) is 55.0 Å². The van der Waals surface area contributed by atoms with Crippen molar-refractivity contribution in [1.82, 2.24) is 9.97 Å². The number of rotatable bonds is 6. The first-order chi connectivity index (χ1) is 11.2. The first kappa shape index (κ1) is 16.2. The lowest BCUT2D eigenvalue weighted by Gasteiger charge is -2.02. The van der Waals surface area contributed by atoms with E-state index >= 15 is 0 Å². The molecule has 0 radical (unpaired) electrons. The zero-order valence-electron chi connectivity index (χ0n) is 12.5. The normalized spacial score (nSPS) is 11.2. The number of nitrogens with one attached hydrogen (secondary N) is 1. The molecule has 3 rings (SSSR count). The number of hydrogen-bond acceptors (Lipinski definition) is 5. The van der Waals surface area contributed by atoms with Crippen molar-refractivity contribution in [1.29, 1.82) is 0 Å². The van der Waals surface area contributed by atoms with E-state index in [-0.39, 0.29) is 11.4 Å². The number of thioether (sulfide) groups is 1. The third-order valence-electron chi connectivity index (χ3n) is 3.32. The molecule has 3 aromatic rings. The molecular formula is C16H15FN2O2S2. The highest BCUT2D eigenvalue weighted by Gasteiger charge is 2.13. The monoisotopic (exact) mass is 350 g/mol. The van der Waals surface area contributed by atoms with Gasteiger partial charge in [0.25, 0.3) is 5.56 Å². The second kappa shape index (κ2) is 7.25. The van der Waals surface area contributed by atoms with Crippen LogP contribution in [0.1, 0.15) is 5.82 Å². The van der Waals surface area contributed by atoms with Crippen LogP contribution in [-0.4, -0.2) is 29.4 Å². The number of ether oxygens (including phenoxy) is 1. The van der Waals surface area contributed by atoms with Gasteiger partial charge in [-0.25, -0.2) is 9.37 Å². The number of fused-ring (bicyclic) bond motifs is 1. The molecular weight excluding hydrogens is 335 g/mol. The Hall–Kier alpha value is -1.70. The van der Waals surface area contributed by atoms with Crippen molar-refractivity contribution < 1.29 is 9.13 Å². The lowest BCUT2D eigenvalue weighted by molar-refractivity contribution is 0.218. The first-order valence-electron chi connectivity index (χ1n) is 7.02. The molecule has 0 bridgehead atoms. The number of hydrogen-bond donors (Lipinski definition) is 1. The number of nitrogens with zero attached hydrogens (tertiary/aromatic N) is 1.